The van der Waals surface area contributed by atoms with E-state index in [0.717, 1.165) is 103 Å². The zero-order valence-corrected chi connectivity index (χ0v) is 72.0. The molecule has 6 aromatic carbocycles. The first-order chi connectivity index (χ1) is 59.8. The molecule has 124 heavy (non-hydrogen) atoms. The lowest BCUT2D eigenvalue weighted by atomic mass is 9.68. The molecule has 30 nitrogen and oxygen atoms in total. The van der Waals surface area contributed by atoms with E-state index in [2.05, 4.69) is 204 Å². The van der Waals surface area contributed by atoms with Gasteiger partial charge in [-0.15, -0.1) is 0 Å². The standard InChI is InChI=1S/C27H34N4O3.C24H31N7O2.C22H26N4O2.C21H24N6O2/c1-29(2)27(21-8-4-3-5-9-21)14-12-26(13-15-27)19-30(23-11-7-6-10-22(23)24(28)32)25(33)31(26)16-20-17-34-18-20;1-29(2)24(18-6-4-3-5-7-18)10-8-23(9-11-24)17-31(22(33)28-23)19-14-26-21(27-15-19)30-13-12-25-20(32)16-30;1-24-22(16-7-3-2-4-8-16)13-11-21(12-14-22)15-26(20(28)25-21)18-10-6-5-9-17(18)19(23)27;1-23-21(15-6-4-3-5-7-15)10-8-20(9-11-21)14-27(19(28)26-20)16-13-24-17(12-22)25-18(16)29-2/h3-11,20H,12-19H2,1-2H3,(H2,28,32);3-7,14-15H,8-13,16-17H2,1-2H3,(H,25,32)(H,28,33);2-10,24H,11-15H2,1H3,(H2,23,27)(H,25,28);3-7,13,23H,8-11,14H2,1-2H3,(H,26,28). The van der Waals surface area contributed by atoms with E-state index in [0.29, 0.717) is 105 Å². The van der Waals surface area contributed by atoms with Crippen molar-refractivity contribution in [1.82, 2.24) is 66.5 Å². The van der Waals surface area contributed by atoms with Gasteiger partial charge in [0.2, 0.25) is 23.6 Å². The highest BCUT2D eigenvalue weighted by Crippen LogP contribution is 2.53. The number of urea groups is 4. The van der Waals surface area contributed by atoms with Crippen molar-refractivity contribution in [3.05, 3.63) is 228 Å². The van der Waals surface area contributed by atoms with E-state index in [1.54, 1.807) is 62.3 Å². The number of nitrogens with one attached hydrogen (secondary N) is 6. The molecule has 8 aromatic rings. The second-order valence-corrected chi connectivity index (χ2v) is 35.5. The molecule has 0 atom stereocenters. The maximum Gasteiger partial charge on any atom is 0.325 e. The van der Waals surface area contributed by atoms with Crippen molar-refractivity contribution >= 4 is 70.5 Å². The molecule has 18 rings (SSSR count). The number of primary amides is 2. The highest BCUT2D eigenvalue weighted by molar-refractivity contribution is 6.06. The number of ether oxygens (including phenoxy) is 2. The molecule has 11 amide bonds. The van der Waals surface area contributed by atoms with E-state index in [1.807, 2.05) is 55.4 Å². The maximum absolute atomic E-state index is 13.8. The van der Waals surface area contributed by atoms with Crippen LogP contribution in [0.1, 0.15) is 152 Å². The molecule has 10 N–H and O–H groups in total. The fraction of sp³-hybridized carbons (Fsp3) is 0.447. The Morgan fingerprint density at radius 3 is 1.35 bits per heavy atom. The molecule has 0 unspecified atom stereocenters. The lowest BCUT2D eigenvalue weighted by Crippen LogP contribution is -2.57. The summed E-state index contributed by atoms with van der Waals surface area (Å²) in [7, 11) is 14.1. The van der Waals surface area contributed by atoms with Crippen LogP contribution in [-0.2, 0) is 31.7 Å². The van der Waals surface area contributed by atoms with Crippen molar-refractivity contribution in [2.75, 3.05) is 139 Å². The van der Waals surface area contributed by atoms with Crippen molar-refractivity contribution in [2.45, 2.75) is 147 Å². The molecule has 0 radical (unpaired) electrons. The predicted octanol–water partition coefficient (Wildman–Crippen LogP) is 10.2. The van der Waals surface area contributed by atoms with E-state index < -0.39 is 11.8 Å². The van der Waals surface area contributed by atoms with E-state index in [-0.39, 0.29) is 92.6 Å². The first-order valence-corrected chi connectivity index (χ1v) is 43.1. The summed E-state index contributed by atoms with van der Waals surface area (Å²) >= 11 is 0. The van der Waals surface area contributed by atoms with Gasteiger partial charge < -0.3 is 62.6 Å². The monoisotopic (exact) mass is 1680 g/mol. The quantitative estimate of drug-likeness (QED) is 0.0396. The molecule has 10 fully saturated rings. The first-order valence-electron chi connectivity index (χ1n) is 43.1. The fourth-order valence-corrected chi connectivity index (χ4v) is 20.9. The molecule has 6 aliphatic heterocycles. The highest BCUT2D eigenvalue weighted by atomic mass is 16.5. The van der Waals surface area contributed by atoms with Gasteiger partial charge in [0.1, 0.15) is 11.8 Å². The summed E-state index contributed by atoms with van der Waals surface area (Å²) in [5, 5.41) is 28.5. The van der Waals surface area contributed by atoms with E-state index >= 15 is 0 Å². The van der Waals surface area contributed by atoms with Crippen molar-refractivity contribution < 1.29 is 43.0 Å². The Morgan fingerprint density at radius 1 is 0.516 bits per heavy atom. The van der Waals surface area contributed by atoms with Crippen molar-refractivity contribution in [3.8, 4) is 11.9 Å². The summed E-state index contributed by atoms with van der Waals surface area (Å²) in [6.07, 6.45) is 19.5. The van der Waals surface area contributed by atoms with E-state index in [4.69, 9.17) is 26.2 Å². The Morgan fingerprint density at radius 2 is 0.927 bits per heavy atom. The molecular formula is C94H115N21O9. The van der Waals surface area contributed by atoms with Crippen molar-refractivity contribution in [2.24, 2.45) is 17.4 Å². The minimum atomic E-state index is -0.522. The average Bonchev–Trinajstić information content (AvgIpc) is 1.75. The van der Waals surface area contributed by atoms with Gasteiger partial charge in [-0.2, -0.15) is 10.2 Å². The molecule has 4 aliphatic carbocycles. The first kappa shape index (κ1) is 86.8. The summed E-state index contributed by atoms with van der Waals surface area (Å²) in [6.45, 7) is 5.84. The number of nitrogens with zero attached hydrogens (tertiary/aromatic N) is 13. The number of rotatable bonds is 18. The number of para-hydroxylation sites is 2. The van der Waals surface area contributed by atoms with Crippen LogP contribution in [0.2, 0.25) is 0 Å². The van der Waals surface area contributed by atoms with Crippen molar-refractivity contribution in [3.63, 3.8) is 0 Å². The topological polar surface area (TPSA) is 363 Å². The van der Waals surface area contributed by atoms with Gasteiger partial charge in [0.05, 0.1) is 122 Å². The summed E-state index contributed by atoms with van der Waals surface area (Å²) in [6, 6.07) is 58.0. The molecule has 4 spiro atoms. The van der Waals surface area contributed by atoms with Crippen LogP contribution in [0.15, 0.2) is 188 Å². The van der Waals surface area contributed by atoms with Crippen LogP contribution in [0.5, 0.6) is 5.88 Å². The Hall–Kier alpha value is -12.1. The number of piperazine rings is 1. The number of aromatic nitrogens is 4. The lowest BCUT2D eigenvalue weighted by Gasteiger charge is -2.51. The van der Waals surface area contributed by atoms with Crippen LogP contribution >= 0.6 is 0 Å². The van der Waals surface area contributed by atoms with Crippen molar-refractivity contribution in [1.29, 1.82) is 5.26 Å². The number of hydrogen-bond donors (Lipinski definition) is 8. The second-order valence-electron chi connectivity index (χ2n) is 35.5. The molecule has 0 bridgehead atoms. The summed E-state index contributed by atoms with van der Waals surface area (Å²) < 4.78 is 10.7. The normalized spacial score (nSPS) is 27.1. The number of anilines is 5. The largest absolute Gasteiger partial charge is 0.479 e. The van der Waals surface area contributed by atoms with Gasteiger partial charge in [-0.1, -0.05) is 146 Å². The molecule has 10 aliphatic rings. The Balaban J connectivity index is 0.000000128. The minimum Gasteiger partial charge on any atom is -0.479 e. The molecule has 2 aromatic heterocycles. The number of benzene rings is 6. The summed E-state index contributed by atoms with van der Waals surface area (Å²) in [4.78, 5) is 120. The Kier molecular flexibility index (Phi) is 25.2. The van der Waals surface area contributed by atoms with Crippen LogP contribution in [0.25, 0.3) is 0 Å². The second kappa shape index (κ2) is 36.0. The average molecular weight is 1680 g/mol. The van der Waals surface area contributed by atoms with E-state index in [9.17, 15) is 33.6 Å². The van der Waals surface area contributed by atoms with Gasteiger partial charge in [-0.3, -0.25) is 43.8 Å². The number of nitrogens with two attached hydrogens (primary N) is 2. The maximum atomic E-state index is 13.8. The predicted molar refractivity (Wildman–Crippen MR) is 475 cm³/mol. The number of hydrogen-bond acceptors (Lipinski definition) is 19. The minimum absolute atomic E-state index is 0.0132. The van der Waals surface area contributed by atoms with Gasteiger partial charge in [0.15, 0.2) is 0 Å². The van der Waals surface area contributed by atoms with Gasteiger partial charge in [-0.25, -0.2) is 34.1 Å². The smallest absolute Gasteiger partial charge is 0.325 e. The number of nitriles is 1. The number of methoxy groups -OCH3 is 1. The van der Waals surface area contributed by atoms with Crippen LogP contribution in [0.4, 0.5) is 47.9 Å². The Labute approximate surface area is 725 Å². The van der Waals surface area contributed by atoms with Crippen LogP contribution in [-0.4, -0.2) is 214 Å². The van der Waals surface area contributed by atoms with Gasteiger partial charge in [0, 0.05) is 47.7 Å². The number of carbonyl (C=O) groups excluding carboxylic acids is 7. The zero-order valence-electron chi connectivity index (χ0n) is 72.0. The third kappa shape index (κ3) is 17.1. The molecule has 8 heterocycles. The molecular weight excluding hydrogens is 1570 g/mol. The van der Waals surface area contributed by atoms with Crippen LogP contribution < -0.4 is 72.6 Å². The summed E-state index contributed by atoms with van der Waals surface area (Å²) in [5.74, 6) is 0.0546. The fourth-order valence-electron chi connectivity index (χ4n) is 20.9. The molecule has 650 valence electrons. The van der Waals surface area contributed by atoms with Crippen LogP contribution in [0, 0.1) is 17.2 Å². The van der Waals surface area contributed by atoms with Gasteiger partial charge in [-0.05, 0) is 192 Å². The lowest BCUT2D eigenvalue weighted by molar-refractivity contribution is -0.120. The van der Waals surface area contributed by atoms with Crippen LogP contribution in [0.3, 0.4) is 0 Å². The third-order valence-electron chi connectivity index (χ3n) is 28.5. The number of carbonyl (C=O) groups is 7. The molecule has 4 saturated carbocycles. The van der Waals surface area contributed by atoms with E-state index in [1.165, 1.54) is 35.6 Å². The van der Waals surface area contributed by atoms with Gasteiger partial charge in [0.25, 0.3) is 11.8 Å². The molecule has 6 saturated heterocycles. The number of amides is 11. The Bertz CT molecular complexity index is 5200. The van der Waals surface area contributed by atoms with Gasteiger partial charge >= 0.3 is 24.1 Å². The molecule has 30 heteroatoms. The third-order valence-corrected chi connectivity index (χ3v) is 28.5. The zero-order chi connectivity index (χ0) is 87.2. The summed E-state index contributed by atoms with van der Waals surface area (Å²) in [5.41, 5.74) is 18.2. The SMILES string of the molecule is CN(C)C1(c2ccccc2)CCC2(CC1)CN(c1ccccc1C(N)=O)C(=O)N2CC1COC1.CN(C)C1(c2ccccc2)CCC2(CC1)CN(c1cnc(N3CCNC(=O)C3)nc1)C(=O)N2.CNC1(c2ccccc2)CCC2(CC1)CN(c1ccccc1C(N)=O)C(=O)N2.CNC1(c2ccccc2)CCC2(CC1)CN(c1cnc(C#N)nc1OC)C(=O)N2. The highest BCUT2D eigenvalue weighted by Gasteiger charge is 2.58.